The Labute approximate surface area is 129 Å². The number of ether oxygens (including phenoxy) is 1. The highest BCUT2D eigenvalue weighted by atomic mass is 16.5. The van der Waals surface area contributed by atoms with Crippen LogP contribution in [0.4, 0.5) is 0 Å². The molecule has 0 aliphatic heterocycles. The maximum atomic E-state index is 5.36. The largest absolute Gasteiger partial charge is 0.497 e. The molecule has 3 nitrogen and oxygen atoms in total. The van der Waals surface area contributed by atoms with Crippen molar-refractivity contribution in [2.24, 2.45) is 11.8 Å². The number of hydrogen-bond acceptors (Lipinski definition) is 3. The molecule has 0 amide bonds. The molecule has 3 atom stereocenters. The summed E-state index contributed by atoms with van der Waals surface area (Å²) in [5, 5.41) is 3.68. The van der Waals surface area contributed by atoms with Crippen molar-refractivity contribution in [1.29, 1.82) is 0 Å². The molecule has 0 bridgehead atoms. The summed E-state index contributed by atoms with van der Waals surface area (Å²) in [4.78, 5) is 2.47. The molecule has 1 aromatic rings. The summed E-state index contributed by atoms with van der Waals surface area (Å²) in [6.07, 6.45) is 2.56. The molecule has 1 aliphatic carbocycles. The molecule has 0 heterocycles. The van der Waals surface area contributed by atoms with Gasteiger partial charge in [0.25, 0.3) is 0 Å². The normalized spacial score (nSPS) is 22.3. The molecule has 1 N–H and O–H groups in total. The molecule has 3 heteroatoms. The van der Waals surface area contributed by atoms with Gasteiger partial charge in [0.05, 0.1) is 7.11 Å². The quantitative estimate of drug-likeness (QED) is 0.755. The van der Waals surface area contributed by atoms with E-state index in [1.807, 2.05) is 6.07 Å². The predicted octanol–water partition coefficient (Wildman–Crippen LogP) is 3.32. The van der Waals surface area contributed by atoms with Crippen LogP contribution in [0.3, 0.4) is 0 Å². The lowest BCUT2D eigenvalue weighted by molar-refractivity contribution is 0.276. The van der Waals surface area contributed by atoms with E-state index in [0.29, 0.717) is 6.04 Å². The molecule has 1 aliphatic rings. The van der Waals surface area contributed by atoms with E-state index >= 15 is 0 Å². The minimum absolute atomic E-state index is 0.374. The predicted molar refractivity (Wildman–Crippen MR) is 88.8 cm³/mol. The van der Waals surface area contributed by atoms with Crippen LogP contribution in [0.2, 0.25) is 0 Å². The first-order valence-corrected chi connectivity index (χ1v) is 8.20. The number of nitrogens with zero attached hydrogens (tertiary/aromatic N) is 1. The monoisotopic (exact) mass is 290 g/mol. The Bertz CT molecular complexity index is 435. The van der Waals surface area contributed by atoms with Crippen LogP contribution in [-0.2, 0) is 0 Å². The highest BCUT2D eigenvalue weighted by Gasteiger charge is 2.33. The van der Waals surface area contributed by atoms with Gasteiger partial charge < -0.3 is 15.0 Å². The zero-order chi connectivity index (χ0) is 15.2. The average Bonchev–Trinajstić information content (AvgIpc) is 3.18. The van der Waals surface area contributed by atoms with Gasteiger partial charge in [0.15, 0.2) is 0 Å². The fraction of sp³-hybridized carbons (Fsp3) is 0.667. The SMILES string of the molecule is CCCNC(CN(C)CC1CC1C)c1cccc(OC)c1. The maximum absolute atomic E-state index is 5.36. The van der Waals surface area contributed by atoms with Gasteiger partial charge in [-0.2, -0.15) is 0 Å². The second-order valence-electron chi connectivity index (χ2n) is 6.48. The fourth-order valence-corrected chi connectivity index (χ4v) is 2.90. The zero-order valence-corrected chi connectivity index (χ0v) is 13.9. The molecule has 3 unspecified atom stereocenters. The van der Waals surface area contributed by atoms with E-state index in [0.717, 1.165) is 37.1 Å². The number of rotatable bonds is 9. The molecule has 1 aromatic carbocycles. The van der Waals surface area contributed by atoms with Gasteiger partial charge >= 0.3 is 0 Å². The summed E-state index contributed by atoms with van der Waals surface area (Å²) in [5.41, 5.74) is 1.32. The molecular weight excluding hydrogens is 260 g/mol. The van der Waals surface area contributed by atoms with Crippen molar-refractivity contribution >= 4 is 0 Å². The van der Waals surface area contributed by atoms with E-state index in [1.165, 1.54) is 18.5 Å². The summed E-state index contributed by atoms with van der Waals surface area (Å²) in [6.45, 7) is 7.89. The van der Waals surface area contributed by atoms with E-state index in [2.05, 4.69) is 49.3 Å². The molecule has 0 spiro atoms. The highest BCUT2D eigenvalue weighted by molar-refractivity contribution is 5.30. The first kappa shape index (κ1) is 16.3. The summed E-state index contributed by atoms with van der Waals surface area (Å²) in [6, 6.07) is 8.82. The van der Waals surface area contributed by atoms with Crippen molar-refractivity contribution in [2.75, 3.05) is 33.8 Å². The van der Waals surface area contributed by atoms with Crippen molar-refractivity contribution in [1.82, 2.24) is 10.2 Å². The minimum Gasteiger partial charge on any atom is -0.497 e. The summed E-state index contributed by atoms with van der Waals surface area (Å²) < 4.78 is 5.36. The standard InChI is InChI=1S/C18H30N2O/c1-5-9-19-18(13-20(3)12-16-10-14(16)2)15-7-6-8-17(11-15)21-4/h6-8,11,14,16,18-19H,5,9-10,12-13H2,1-4H3. The van der Waals surface area contributed by atoms with Gasteiger partial charge in [-0.25, -0.2) is 0 Å². The Morgan fingerprint density at radius 2 is 2.19 bits per heavy atom. The Hall–Kier alpha value is -1.06. The first-order chi connectivity index (χ1) is 10.1. The molecule has 0 aromatic heterocycles. The minimum atomic E-state index is 0.374. The van der Waals surface area contributed by atoms with Crippen LogP contribution in [0.1, 0.15) is 38.3 Å². The fourth-order valence-electron chi connectivity index (χ4n) is 2.90. The van der Waals surface area contributed by atoms with Crippen LogP contribution in [0.25, 0.3) is 0 Å². The van der Waals surface area contributed by atoms with E-state index in [9.17, 15) is 0 Å². The van der Waals surface area contributed by atoms with Crippen molar-refractivity contribution in [3.63, 3.8) is 0 Å². The number of methoxy groups -OCH3 is 1. The van der Waals surface area contributed by atoms with E-state index in [1.54, 1.807) is 7.11 Å². The van der Waals surface area contributed by atoms with Crippen LogP contribution in [0.5, 0.6) is 5.75 Å². The van der Waals surface area contributed by atoms with Crippen LogP contribution in [0.15, 0.2) is 24.3 Å². The van der Waals surface area contributed by atoms with E-state index in [-0.39, 0.29) is 0 Å². The van der Waals surface area contributed by atoms with Crippen molar-refractivity contribution in [2.45, 2.75) is 32.7 Å². The topological polar surface area (TPSA) is 24.5 Å². The number of likely N-dealkylation sites (N-methyl/N-ethyl adjacent to an activating group) is 1. The van der Waals surface area contributed by atoms with E-state index < -0.39 is 0 Å². The van der Waals surface area contributed by atoms with Crippen LogP contribution >= 0.6 is 0 Å². The number of hydrogen-bond donors (Lipinski definition) is 1. The van der Waals surface area contributed by atoms with Gasteiger partial charge in [-0.05, 0) is 56.0 Å². The Morgan fingerprint density at radius 1 is 1.43 bits per heavy atom. The van der Waals surface area contributed by atoms with Gasteiger partial charge in [-0.1, -0.05) is 26.0 Å². The maximum Gasteiger partial charge on any atom is 0.119 e. The summed E-state index contributed by atoms with van der Waals surface area (Å²) in [7, 11) is 3.97. The Kier molecular flexibility index (Phi) is 6.07. The van der Waals surface area contributed by atoms with Gasteiger partial charge in [-0.3, -0.25) is 0 Å². The van der Waals surface area contributed by atoms with E-state index in [4.69, 9.17) is 4.74 Å². The number of benzene rings is 1. The lowest BCUT2D eigenvalue weighted by atomic mass is 10.1. The second-order valence-corrected chi connectivity index (χ2v) is 6.48. The zero-order valence-electron chi connectivity index (χ0n) is 13.9. The lowest BCUT2D eigenvalue weighted by Gasteiger charge is -2.26. The third-order valence-corrected chi connectivity index (χ3v) is 4.45. The first-order valence-electron chi connectivity index (χ1n) is 8.20. The summed E-state index contributed by atoms with van der Waals surface area (Å²) in [5.74, 6) is 2.77. The molecule has 21 heavy (non-hydrogen) atoms. The molecule has 1 fully saturated rings. The van der Waals surface area contributed by atoms with Crippen LogP contribution in [-0.4, -0.2) is 38.7 Å². The van der Waals surface area contributed by atoms with Gasteiger partial charge in [0.1, 0.15) is 5.75 Å². The van der Waals surface area contributed by atoms with Crippen molar-refractivity contribution in [3.8, 4) is 5.75 Å². The van der Waals surface area contributed by atoms with Crippen LogP contribution in [0, 0.1) is 11.8 Å². The van der Waals surface area contributed by atoms with Gasteiger partial charge in [-0.15, -0.1) is 0 Å². The molecule has 2 rings (SSSR count). The lowest BCUT2D eigenvalue weighted by Crippen LogP contribution is -2.34. The average molecular weight is 290 g/mol. The smallest absolute Gasteiger partial charge is 0.119 e. The van der Waals surface area contributed by atoms with Gasteiger partial charge in [0, 0.05) is 19.1 Å². The Morgan fingerprint density at radius 3 is 2.81 bits per heavy atom. The molecule has 0 radical (unpaired) electrons. The van der Waals surface area contributed by atoms with Gasteiger partial charge in [0.2, 0.25) is 0 Å². The highest BCUT2D eigenvalue weighted by Crippen LogP contribution is 2.38. The summed E-state index contributed by atoms with van der Waals surface area (Å²) >= 11 is 0. The molecule has 0 saturated heterocycles. The van der Waals surface area contributed by atoms with Crippen molar-refractivity contribution < 1.29 is 4.74 Å². The molecule has 1 saturated carbocycles. The third-order valence-electron chi connectivity index (χ3n) is 4.45. The number of nitrogens with one attached hydrogen (secondary N) is 1. The third kappa shape index (κ3) is 5.01. The van der Waals surface area contributed by atoms with Crippen molar-refractivity contribution in [3.05, 3.63) is 29.8 Å². The molecule has 118 valence electrons. The molecular formula is C18H30N2O. The second kappa shape index (κ2) is 7.81. The van der Waals surface area contributed by atoms with Crippen LogP contribution < -0.4 is 10.1 Å². The Balaban J connectivity index is 1.98.